The van der Waals surface area contributed by atoms with Crippen molar-refractivity contribution in [3.63, 3.8) is 0 Å². The van der Waals surface area contributed by atoms with Crippen LogP contribution in [0.25, 0.3) is 32.1 Å². The molecule has 4 atom stereocenters. The number of thiophene rings is 1. The average molecular weight is 815 g/mol. The predicted molar refractivity (Wildman–Crippen MR) is 217 cm³/mol. The molecule has 3 fully saturated rings. The lowest BCUT2D eigenvalue weighted by molar-refractivity contribution is 0.0233. The zero-order valence-corrected chi connectivity index (χ0v) is 34.9. The highest BCUT2D eigenvalue weighted by Crippen LogP contribution is 2.45. The maximum atomic E-state index is 15.5. The van der Waals surface area contributed by atoms with Gasteiger partial charge in [-0.15, -0.1) is 11.3 Å². The van der Waals surface area contributed by atoms with Crippen LogP contribution in [0.2, 0.25) is 0 Å². The normalized spacial score (nSPS) is 22.1. The van der Waals surface area contributed by atoms with Crippen LogP contribution in [0.5, 0.6) is 6.01 Å². The Hall–Kier alpha value is -5.32. The van der Waals surface area contributed by atoms with Crippen molar-refractivity contribution in [3.05, 3.63) is 41.2 Å². The second-order valence-electron chi connectivity index (χ2n) is 17.4. The Kier molecular flexibility index (Phi) is 10.7. The molecule has 3 aliphatic heterocycles. The number of ether oxygens (including phenoxy) is 3. The second kappa shape index (κ2) is 15.1. The van der Waals surface area contributed by atoms with E-state index < -0.39 is 40.9 Å². The molecule has 3 aliphatic rings. The first-order valence-electron chi connectivity index (χ1n) is 19.5. The third kappa shape index (κ3) is 7.79. The summed E-state index contributed by atoms with van der Waals surface area (Å²) in [6, 6.07) is 10.1. The lowest BCUT2D eigenvalue weighted by atomic mass is 9.94. The number of carbonyl (C=O) groups is 2. The van der Waals surface area contributed by atoms with Gasteiger partial charge >= 0.3 is 18.2 Å². The number of rotatable bonds is 7. The van der Waals surface area contributed by atoms with Gasteiger partial charge in [-0.1, -0.05) is 6.07 Å². The van der Waals surface area contributed by atoms with Crippen molar-refractivity contribution in [2.24, 2.45) is 0 Å². The summed E-state index contributed by atoms with van der Waals surface area (Å²) < 4.78 is 47.8. The molecule has 2 amide bonds. The number of nitrogens with one attached hydrogen (secondary N) is 1. The Morgan fingerprint density at radius 1 is 1.07 bits per heavy atom. The van der Waals surface area contributed by atoms with Crippen molar-refractivity contribution in [3.8, 4) is 29.3 Å². The van der Waals surface area contributed by atoms with Crippen molar-refractivity contribution in [2.75, 3.05) is 43.5 Å². The van der Waals surface area contributed by atoms with Crippen LogP contribution in [-0.4, -0.2) is 100 Å². The quantitative estimate of drug-likeness (QED) is 0.191. The van der Waals surface area contributed by atoms with Gasteiger partial charge in [0.2, 0.25) is 0 Å². The number of aromatic nitrogens is 2. The molecule has 0 bridgehead atoms. The van der Waals surface area contributed by atoms with E-state index in [9.17, 15) is 24.5 Å². The summed E-state index contributed by atoms with van der Waals surface area (Å²) in [5.74, 6) is -0.143. The highest BCUT2D eigenvalue weighted by atomic mass is 32.1. The van der Waals surface area contributed by atoms with Gasteiger partial charge in [-0.25, -0.2) is 18.4 Å². The molecule has 0 radical (unpaired) electrons. The Bertz CT molecular complexity index is 2380. The van der Waals surface area contributed by atoms with Crippen molar-refractivity contribution >= 4 is 55.3 Å². The number of hydrogen-bond acceptors (Lipinski definition) is 12. The van der Waals surface area contributed by atoms with E-state index in [2.05, 4.69) is 22.4 Å². The smallest absolute Gasteiger partial charge is 0.412 e. The SMILES string of the molecule is CC1C(N(C)c2nc(OC[C@@]34CCCN3C[C@H](F)C4)nc3cc(-c4ccc(F)c5sc(NC(=O)OC(C)(C)C)c(C#N)c45)c(C#N)cc23)CCN1C(=O)OC(C)(C)C. The van der Waals surface area contributed by atoms with E-state index in [-0.39, 0.29) is 50.9 Å². The molecular weight excluding hydrogens is 767 g/mol. The predicted octanol–water partition coefficient (Wildman–Crippen LogP) is 8.53. The van der Waals surface area contributed by atoms with E-state index in [0.717, 1.165) is 30.7 Å². The molecule has 306 valence electrons. The van der Waals surface area contributed by atoms with Gasteiger partial charge in [0.25, 0.3) is 0 Å². The minimum atomic E-state index is -0.949. The van der Waals surface area contributed by atoms with Crippen LogP contribution < -0.4 is 15.0 Å². The minimum absolute atomic E-state index is 0.0179. The Labute approximate surface area is 340 Å². The van der Waals surface area contributed by atoms with Crippen LogP contribution in [0.4, 0.5) is 29.2 Å². The van der Waals surface area contributed by atoms with E-state index in [1.54, 1.807) is 37.8 Å². The first-order valence-corrected chi connectivity index (χ1v) is 20.3. The highest BCUT2D eigenvalue weighted by molar-refractivity contribution is 7.23. The molecular formula is C42H48F2N8O5S. The van der Waals surface area contributed by atoms with Gasteiger partial charge in [0.15, 0.2) is 0 Å². The number of benzene rings is 2. The molecule has 2 unspecified atom stereocenters. The number of carbonyl (C=O) groups excluding carboxylic acids is 2. The third-order valence-corrected chi connectivity index (χ3v) is 12.2. The van der Waals surface area contributed by atoms with Gasteiger partial charge in [0.05, 0.1) is 45.0 Å². The number of alkyl halides is 1. The molecule has 0 aliphatic carbocycles. The first kappa shape index (κ1) is 40.9. The zero-order chi connectivity index (χ0) is 41.9. The average Bonchev–Trinajstić information content (AvgIpc) is 3.89. The Morgan fingerprint density at radius 2 is 1.81 bits per heavy atom. The molecule has 0 spiro atoms. The molecule has 0 saturated carbocycles. The Morgan fingerprint density at radius 3 is 2.50 bits per heavy atom. The number of anilines is 2. The monoisotopic (exact) mass is 814 g/mol. The topological polar surface area (TPSA) is 157 Å². The number of fused-ring (bicyclic) bond motifs is 3. The zero-order valence-electron chi connectivity index (χ0n) is 34.0. The van der Waals surface area contributed by atoms with E-state index >= 15 is 4.39 Å². The summed E-state index contributed by atoms with van der Waals surface area (Å²) in [4.78, 5) is 41.5. The number of halogens is 2. The van der Waals surface area contributed by atoms with Gasteiger partial charge in [-0.05, 0) is 98.0 Å². The first-order chi connectivity index (χ1) is 27.3. The van der Waals surface area contributed by atoms with E-state index in [4.69, 9.17) is 24.2 Å². The fourth-order valence-corrected chi connectivity index (χ4v) is 9.67. The minimum Gasteiger partial charge on any atom is -0.461 e. The van der Waals surface area contributed by atoms with Crippen molar-refractivity contribution in [1.29, 1.82) is 10.5 Å². The summed E-state index contributed by atoms with van der Waals surface area (Å²) in [6.07, 6.45) is 0.535. The lowest BCUT2D eigenvalue weighted by Crippen LogP contribution is -2.45. The van der Waals surface area contributed by atoms with Crippen molar-refractivity contribution in [1.82, 2.24) is 19.8 Å². The second-order valence-corrected chi connectivity index (χ2v) is 18.5. The van der Waals surface area contributed by atoms with Gasteiger partial charge in [-0.3, -0.25) is 10.2 Å². The summed E-state index contributed by atoms with van der Waals surface area (Å²) in [5, 5.41) is 24.5. The molecule has 4 aromatic rings. The number of nitriles is 2. The molecule has 5 heterocycles. The summed E-state index contributed by atoms with van der Waals surface area (Å²) >= 11 is 0.897. The van der Waals surface area contributed by atoms with Crippen LogP contribution in [0.3, 0.4) is 0 Å². The van der Waals surface area contributed by atoms with E-state index in [1.165, 1.54) is 12.1 Å². The lowest BCUT2D eigenvalue weighted by Gasteiger charge is -2.33. The molecule has 2 aromatic carbocycles. The number of likely N-dealkylation sites (N-methyl/N-ethyl adjacent to an activating group) is 1. The number of amides is 2. The van der Waals surface area contributed by atoms with E-state index in [1.807, 2.05) is 39.6 Å². The molecule has 16 heteroatoms. The third-order valence-electron chi connectivity index (χ3n) is 11.1. The summed E-state index contributed by atoms with van der Waals surface area (Å²) in [7, 11) is 1.88. The van der Waals surface area contributed by atoms with Gasteiger partial charge in [-0.2, -0.15) is 20.5 Å². The molecule has 13 nitrogen and oxygen atoms in total. The molecule has 2 aromatic heterocycles. The van der Waals surface area contributed by atoms with E-state index in [0.29, 0.717) is 53.8 Å². The largest absolute Gasteiger partial charge is 0.461 e. The van der Waals surface area contributed by atoms with Gasteiger partial charge in [0.1, 0.15) is 46.7 Å². The maximum absolute atomic E-state index is 15.5. The fraction of sp³-hybridized carbons (Fsp3) is 0.524. The van der Waals surface area contributed by atoms with Crippen LogP contribution in [-0.2, 0) is 9.47 Å². The number of nitrogens with zero attached hydrogens (tertiary/aromatic N) is 7. The highest BCUT2D eigenvalue weighted by Gasteiger charge is 2.49. The van der Waals surface area contributed by atoms with Gasteiger partial charge in [0, 0.05) is 42.9 Å². The molecule has 58 heavy (non-hydrogen) atoms. The van der Waals surface area contributed by atoms with Gasteiger partial charge < -0.3 is 24.0 Å². The number of likely N-dealkylation sites (tertiary alicyclic amines) is 1. The van der Waals surface area contributed by atoms with Crippen LogP contribution >= 0.6 is 11.3 Å². The standard InChI is InChI=1S/C42H48F2N8O5S/c1-23-32(12-15-52(23)39(54)57-41(5,6)7)50(8)35-28-16-24(19-45)27(17-31(28)47-37(48-35)55-22-42-13-9-14-51(42)21-25(43)18-42)26-10-11-30(44)34-33(26)29(20-46)36(58-34)49-38(53)56-40(2,3)4/h10-11,16-17,23,25,32H,9,12-15,18,21-22H2,1-8H3,(H,49,53)/t23?,25-,32?,42+/m1/s1. The van der Waals surface area contributed by atoms with Crippen LogP contribution in [0, 0.1) is 28.5 Å². The molecule has 7 rings (SSSR count). The van der Waals surface area contributed by atoms with Crippen LogP contribution in [0.1, 0.15) is 85.3 Å². The maximum Gasteiger partial charge on any atom is 0.412 e. The fourth-order valence-electron chi connectivity index (χ4n) is 8.60. The van der Waals surface area contributed by atoms with Crippen molar-refractivity contribution < 1.29 is 32.6 Å². The summed E-state index contributed by atoms with van der Waals surface area (Å²) in [5.41, 5.74) is -0.560. The van der Waals surface area contributed by atoms with Crippen LogP contribution in [0.15, 0.2) is 24.3 Å². The van der Waals surface area contributed by atoms with Crippen molar-refractivity contribution in [2.45, 2.75) is 109 Å². The molecule has 3 saturated heterocycles. The number of hydrogen-bond donors (Lipinski definition) is 1. The summed E-state index contributed by atoms with van der Waals surface area (Å²) in [6.45, 7) is 14.3. The molecule has 1 N–H and O–H groups in total. The Balaban J connectivity index is 1.34.